The summed E-state index contributed by atoms with van der Waals surface area (Å²) in [5.74, 6) is 0.350. The van der Waals surface area contributed by atoms with Crippen LogP contribution in [0.25, 0.3) is 21.0 Å². The molecule has 29 heavy (non-hydrogen) atoms. The van der Waals surface area contributed by atoms with E-state index in [0.29, 0.717) is 30.3 Å². The van der Waals surface area contributed by atoms with Crippen molar-refractivity contribution in [1.29, 1.82) is 0 Å². The number of amides is 1. The SMILES string of the molecule is CCOCCn1c(=NC(=O)COc2ccc3ccccc3c2)sc2ccccc21. The third-order valence-corrected chi connectivity index (χ3v) is 5.61. The Morgan fingerprint density at radius 1 is 1.03 bits per heavy atom. The minimum absolute atomic E-state index is 0.0992. The number of thiazole rings is 1. The van der Waals surface area contributed by atoms with Gasteiger partial charge in [-0.05, 0) is 42.0 Å². The highest BCUT2D eigenvalue weighted by molar-refractivity contribution is 7.16. The van der Waals surface area contributed by atoms with Crippen LogP contribution in [0.5, 0.6) is 5.75 Å². The van der Waals surface area contributed by atoms with Crippen molar-refractivity contribution in [1.82, 2.24) is 4.57 Å². The van der Waals surface area contributed by atoms with Crippen LogP contribution in [-0.4, -0.2) is 30.3 Å². The predicted molar refractivity (Wildman–Crippen MR) is 116 cm³/mol. The van der Waals surface area contributed by atoms with Crippen molar-refractivity contribution >= 4 is 38.2 Å². The van der Waals surface area contributed by atoms with Crippen LogP contribution >= 0.6 is 11.3 Å². The lowest BCUT2D eigenvalue weighted by Crippen LogP contribution is -2.21. The Kier molecular flexibility index (Phi) is 6.03. The number of carbonyl (C=O) groups excluding carboxylic acids is 1. The molecule has 4 rings (SSSR count). The lowest BCUT2D eigenvalue weighted by Gasteiger charge is -2.06. The number of ether oxygens (including phenoxy) is 2. The second kappa shape index (κ2) is 9.03. The van der Waals surface area contributed by atoms with Gasteiger partial charge >= 0.3 is 0 Å². The first-order chi connectivity index (χ1) is 14.2. The fourth-order valence-corrected chi connectivity index (χ4v) is 4.24. The predicted octanol–water partition coefficient (Wildman–Crippen LogP) is 4.40. The quantitative estimate of drug-likeness (QED) is 0.428. The van der Waals surface area contributed by atoms with Gasteiger partial charge in [0, 0.05) is 13.2 Å². The van der Waals surface area contributed by atoms with Gasteiger partial charge in [-0.3, -0.25) is 4.79 Å². The number of hydrogen-bond acceptors (Lipinski definition) is 4. The lowest BCUT2D eigenvalue weighted by molar-refractivity contribution is -0.120. The van der Waals surface area contributed by atoms with E-state index in [2.05, 4.69) is 4.99 Å². The van der Waals surface area contributed by atoms with Gasteiger partial charge in [-0.15, -0.1) is 0 Å². The van der Waals surface area contributed by atoms with Crippen LogP contribution in [0.4, 0.5) is 0 Å². The highest BCUT2D eigenvalue weighted by Gasteiger charge is 2.08. The first-order valence-corrected chi connectivity index (χ1v) is 10.4. The molecule has 3 aromatic carbocycles. The summed E-state index contributed by atoms with van der Waals surface area (Å²) in [5.41, 5.74) is 1.05. The number of hydrogen-bond donors (Lipinski definition) is 0. The number of para-hydroxylation sites is 1. The van der Waals surface area contributed by atoms with Crippen LogP contribution < -0.4 is 9.54 Å². The van der Waals surface area contributed by atoms with Crippen molar-refractivity contribution in [2.75, 3.05) is 19.8 Å². The number of aromatic nitrogens is 1. The van der Waals surface area contributed by atoms with Gasteiger partial charge in [0.1, 0.15) is 5.75 Å². The molecular formula is C23H22N2O3S. The fourth-order valence-electron chi connectivity index (χ4n) is 3.16. The molecule has 0 saturated heterocycles. The summed E-state index contributed by atoms with van der Waals surface area (Å²) in [6, 6.07) is 21.9. The largest absolute Gasteiger partial charge is 0.484 e. The van der Waals surface area contributed by atoms with Gasteiger partial charge in [0.2, 0.25) is 0 Å². The van der Waals surface area contributed by atoms with Gasteiger partial charge in [-0.2, -0.15) is 4.99 Å². The first kappa shape index (κ1) is 19.4. The number of fused-ring (bicyclic) bond motifs is 2. The average molecular weight is 407 g/mol. The molecule has 1 amide bonds. The van der Waals surface area contributed by atoms with Crippen LogP contribution in [0.15, 0.2) is 71.7 Å². The maximum atomic E-state index is 12.5. The van der Waals surface area contributed by atoms with Crippen LogP contribution in [0.2, 0.25) is 0 Å². The Morgan fingerprint density at radius 2 is 1.83 bits per heavy atom. The van der Waals surface area contributed by atoms with Crippen molar-refractivity contribution < 1.29 is 14.3 Å². The molecule has 0 radical (unpaired) electrons. The maximum Gasteiger partial charge on any atom is 0.286 e. The van der Waals surface area contributed by atoms with Crippen molar-refractivity contribution in [2.24, 2.45) is 4.99 Å². The molecule has 0 unspecified atom stereocenters. The molecule has 148 valence electrons. The fraction of sp³-hybridized carbons (Fsp3) is 0.217. The topological polar surface area (TPSA) is 52.8 Å². The Labute approximate surface area is 172 Å². The maximum absolute atomic E-state index is 12.5. The van der Waals surface area contributed by atoms with Gasteiger partial charge in [-0.25, -0.2) is 0 Å². The van der Waals surface area contributed by atoms with Crippen LogP contribution in [0.1, 0.15) is 6.92 Å². The van der Waals surface area contributed by atoms with E-state index in [-0.39, 0.29) is 12.5 Å². The van der Waals surface area contributed by atoms with Crippen LogP contribution in [0, 0.1) is 0 Å². The standard InChI is InChI=1S/C23H22N2O3S/c1-2-27-14-13-25-20-9-5-6-10-21(20)29-23(25)24-22(26)16-28-19-12-11-17-7-3-4-8-18(17)15-19/h3-12,15H,2,13-14,16H2,1H3. The molecule has 0 N–H and O–H groups in total. The zero-order chi connectivity index (χ0) is 20.1. The second-order valence-corrected chi connectivity index (χ2v) is 7.51. The van der Waals surface area contributed by atoms with E-state index >= 15 is 0 Å². The zero-order valence-electron chi connectivity index (χ0n) is 16.2. The molecule has 0 aliphatic rings. The Bertz CT molecular complexity index is 1210. The monoisotopic (exact) mass is 406 g/mol. The summed E-state index contributed by atoms with van der Waals surface area (Å²) in [7, 11) is 0. The van der Waals surface area contributed by atoms with Crippen molar-refractivity contribution in [3.05, 3.63) is 71.5 Å². The van der Waals surface area contributed by atoms with Gasteiger partial charge in [0.05, 0.1) is 16.8 Å². The molecule has 1 aromatic heterocycles. The Morgan fingerprint density at radius 3 is 2.69 bits per heavy atom. The Hall–Kier alpha value is -2.96. The smallest absolute Gasteiger partial charge is 0.286 e. The van der Waals surface area contributed by atoms with E-state index in [0.717, 1.165) is 21.0 Å². The minimum atomic E-state index is -0.310. The first-order valence-electron chi connectivity index (χ1n) is 9.60. The molecule has 0 fully saturated rings. The summed E-state index contributed by atoms with van der Waals surface area (Å²) in [6.45, 7) is 3.75. The molecule has 4 aromatic rings. The van der Waals surface area contributed by atoms with Crippen molar-refractivity contribution in [3.8, 4) is 5.75 Å². The molecule has 0 saturated carbocycles. The van der Waals surface area contributed by atoms with Crippen molar-refractivity contribution in [3.63, 3.8) is 0 Å². The van der Waals surface area contributed by atoms with Crippen molar-refractivity contribution in [2.45, 2.75) is 13.5 Å². The third-order valence-electron chi connectivity index (χ3n) is 4.56. The normalized spacial score (nSPS) is 12.0. The molecule has 1 heterocycles. The van der Waals surface area contributed by atoms with E-state index in [1.54, 1.807) is 0 Å². The number of benzene rings is 3. The molecule has 0 bridgehead atoms. The highest BCUT2D eigenvalue weighted by atomic mass is 32.1. The van der Waals surface area contributed by atoms with Gasteiger partial charge in [0.15, 0.2) is 11.4 Å². The van der Waals surface area contributed by atoms with Gasteiger partial charge in [0.25, 0.3) is 5.91 Å². The van der Waals surface area contributed by atoms with E-state index in [1.807, 2.05) is 78.2 Å². The van der Waals surface area contributed by atoms with Gasteiger partial charge < -0.3 is 14.0 Å². The van der Waals surface area contributed by atoms with Gasteiger partial charge in [-0.1, -0.05) is 53.8 Å². The van der Waals surface area contributed by atoms with E-state index in [9.17, 15) is 4.79 Å². The molecule has 0 aliphatic carbocycles. The number of carbonyl (C=O) groups is 1. The lowest BCUT2D eigenvalue weighted by atomic mass is 10.1. The Balaban J connectivity index is 1.53. The van der Waals surface area contributed by atoms with E-state index in [4.69, 9.17) is 9.47 Å². The molecule has 6 heteroatoms. The number of rotatable bonds is 7. The summed E-state index contributed by atoms with van der Waals surface area (Å²) >= 11 is 1.50. The van der Waals surface area contributed by atoms with Crippen LogP contribution in [-0.2, 0) is 16.1 Å². The average Bonchev–Trinajstić information content (AvgIpc) is 3.09. The summed E-state index contributed by atoms with van der Waals surface area (Å²) in [4.78, 5) is 17.5. The molecule has 0 atom stereocenters. The molecule has 0 spiro atoms. The molecular weight excluding hydrogens is 384 g/mol. The van der Waals surface area contributed by atoms with E-state index in [1.165, 1.54) is 11.3 Å². The summed E-state index contributed by atoms with van der Waals surface area (Å²) in [5, 5.41) is 2.21. The third kappa shape index (κ3) is 4.55. The number of nitrogens with zero attached hydrogens (tertiary/aromatic N) is 2. The summed E-state index contributed by atoms with van der Waals surface area (Å²) < 4.78 is 14.3. The second-order valence-electron chi connectivity index (χ2n) is 6.50. The molecule has 0 aliphatic heterocycles. The molecule has 5 nitrogen and oxygen atoms in total. The highest BCUT2D eigenvalue weighted by Crippen LogP contribution is 2.20. The summed E-state index contributed by atoms with van der Waals surface area (Å²) in [6.07, 6.45) is 0. The van der Waals surface area contributed by atoms with E-state index < -0.39 is 0 Å². The minimum Gasteiger partial charge on any atom is -0.484 e. The zero-order valence-corrected chi connectivity index (χ0v) is 17.0. The van der Waals surface area contributed by atoms with Crippen LogP contribution in [0.3, 0.4) is 0 Å².